The van der Waals surface area contributed by atoms with Crippen LogP contribution in [0.4, 0.5) is 4.39 Å². The summed E-state index contributed by atoms with van der Waals surface area (Å²) < 4.78 is 18.6. The van der Waals surface area contributed by atoms with Crippen LogP contribution < -0.4 is 0 Å². The van der Waals surface area contributed by atoms with Crippen LogP contribution in [-0.2, 0) is 17.6 Å². The fourth-order valence-electron chi connectivity index (χ4n) is 2.77. The number of Topliss-reactive ketones (excluding diaryl/α,β-unsaturated/α-hetero) is 1. The maximum Gasteiger partial charge on any atom is 0.348 e. The van der Waals surface area contributed by atoms with Gasteiger partial charge in [0, 0.05) is 4.88 Å². The highest BCUT2D eigenvalue weighted by Crippen LogP contribution is 2.32. The molecule has 0 unspecified atom stereocenters. The van der Waals surface area contributed by atoms with Gasteiger partial charge in [-0.15, -0.1) is 11.3 Å². The van der Waals surface area contributed by atoms with E-state index in [1.165, 1.54) is 40.0 Å². The lowest BCUT2D eigenvalue weighted by Crippen LogP contribution is -2.14. The van der Waals surface area contributed by atoms with Crippen LogP contribution in [0.15, 0.2) is 30.3 Å². The minimum absolute atomic E-state index is 0.0559. The monoisotopic (exact) mass is 332 g/mol. The summed E-state index contributed by atoms with van der Waals surface area (Å²) in [6, 6.07) is 7.55. The number of benzene rings is 1. The molecule has 0 aliphatic heterocycles. The molecule has 1 aromatic carbocycles. The van der Waals surface area contributed by atoms with E-state index in [4.69, 9.17) is 4.74 Å². The van der Waals surface area contributed by atoms with Gasteiger partial charge in [-0.3, -0.25) is 4.79 Å². The molecule has 0 saturated carbocycles. The van der Waals surface area contributed by atoms with Crippen molar-refractivity contribution in [2.45, 2.75) is 26.2 Å². The second-order valence-corrected chi connectivity index (χ2v) is 7.02. The molecule has 0 radical (unpaired) electrons. The van der Waals surface area contributed by atoms with E-state index in [1.54, 1.807) is 6.07 Å². The molecule has 1 aromatic heterocycles. The molecule has 0 N–H and O–H groups in total. The van der Waals surface area contributed by atoms with Gasteiger partial charge in [0.05, 0.1) is 5.56 Å². The van der Waals surface area contributed by atoms with Crippen molar-refractivity contribution in [3.05, 3.63) is 57.0 Å². The predicted octanol–water partition coefficient (Wildman–Crippen LogP) is 4.05. The molecule has 5 heteroatoms. The van der Waals surface area contributed by atoms with Crippen molar-refractivity contribution in [1.82, 2.24) is 0 Å². The minimum Gasteiger partial charge on any atom is -0.453 e. The summed E-state index contributed by atoms with van der Waals surface area (Å²) in [6.07, 6.45) is 3.10. The van der Waals surface area contributed by atoms with Crippen LogP contribution in [0, 0.1) is 11.7 Å². The third kappa shape index (κ3) is 3.50. The smallest absolute Gasteiger partial charge is 0.348 e. The van der Waals surface area contributed by atoms with Crippen molar-refractivity contribution in [3.8, 4) is 0 Å². The Hall–Kier alpha value is -2.01. The van der Waals surface area contributed by atoms with Gasteiger partial charge in [-0.05, 0) is 48.9 Å². The Labute approximate surface area is 138 Å². The number of hydrogen-bond donors (Lipinski definition) is 0. The van der Waals surface area contributed by atoms with Crippen molar-refractivity contribution < 1.29 is 18.7 Å². The van der Waals surface area contributed by atoms with E-state index < -0.39 is 24.2 Å². The van der Waals surface area contributed by atoms with Crippen LogP contribution in [0.5, 0.6) is 0 Å². The van der Waals surface area contributed by atoms with Gasteiger partial charge >= 0.3 is 5.97 Å². The topological polar surface area (TPSA) is 43.4 Å². The Bertz CT molecular complexity index is 750. The molecule has 0 amide bonds. The zero-order chi connectivity index (χ0) is 16.4. The van der Waals surface area contributed by atoms with Crippen molar-refractivity contribution in [1.29, 1.82) is 0 Å². The summed E-state index contributed by atoms with van der Waals surface area (Å²) >= 11 is 1.44. The van der Waals surface area contributed by atoms with Gasteiger partial charge in [-0.25, -0.2) is 9.18 Å². The number of ketones is 1. The average molecular weight is 332 g/mol. The molecular weight excluding hydrogens is 315 g/mol. The first-order valence-electron chi connectivity index (χ1n) is 7.61. The fourth-order valence-corrected chi connectivity index (χ4v) is 3.88. The number of rotatable bonds is 4. The maximum absolute atomic E-state index is 13.5. The third-order valence-corrected chi connectivity index (χ3v) is 5.26. The molecule has 3 nitrogen and oxygen atoms in total. The number of carbonyl (C=O) groups is 2. The number of fused-ring (bicyclic) bond motifs is 1. The number of aryl methyl sites for hydroxylation is 1. The van der Waals surface area contributed by atoms with Gasteiger partial charge in [0.2, 0.25) is 5.78 Å². The summed E-state index contributed by atoms with van der Waals surface area (Å²) in [5.41, 5.74) is 1.15. The molecule has 0 saturated heterocycles. The molecule has 1 aliphatic carbocycles. The zero-order valence-electron chi connectivity index (χ0n) is 12.8. The van der Waals surface area contributed by atoms with Crippen molar-refractivity contribution in [2.75, 3.05) is 6.61 Å². The van der Waals surface area contributed by atoms with E-state index in [0.29, 0.717) is 10.8 Å². The number of thiophene rings is 1. The number of halogens is 1. The van der Waals surface area contributed by atoms with E-state index >= 15 is 0 Å². The fraction of sp³-hybridized carbons (Fsp3) is 0.333. The highest BCUT2D eigenvalue weighted by molar-refractivity contribution is 7.14. The molecule has 0 spiro atoms. The van der Waals surface area contributed by atoms with Crippen LogP contribution in [0.25, 0.3) is 0 Å². The van der Waals surface area contributed by atoms with Crippen LogP contribution >= 0.6 is 11.3 Å². The number of ether oxygens (including phenoxy) is 1. The van der Waals surface area contributed by atoms with Gasteiger partial charge in [-0.2, -0.15) is 0 Å². The lowest BCUT2D eigenvalue weighted by molar-refractivity contribution is 0.0478. The number of esters is 1. The first-order chi connectivity index (χ1) is 11.0. The third-order valence-electron chi connectivity index (χ3n) is 4.04. The first kappa shape index (κ1) is 15.9. The average Bonchev–Trinajstić information content (AvgIpc) is 2.95. The van der Waals surface area contributed by atoms with E-state index in [0.717, 1.165) is 19.3 Å². The molecule has 2 aromatic rings. The summed E-state index contributed by atoms with van der Waals surface area (Å²) in [4.78, 5) is 25.8. The van der Waals surface area contributed by atoms with Crippen LogP contribution in [0.2, 0.25) is 0 Å². The summed E-state index contributed by atoms with van der Waals surface area (Å²) in [5.74, 6) is -1.02. The summed E-state index contributed by atoms with van der Waals surface area (Å²) in [6.45, 7) is 1.75. The predicted molar refractivity (Wildman–Crippen MR) is 86.5 cm³/mol. The van der Waals surface area contributed by atoms with Gasteiger partial charge < -0.3 is 4.74 Å². The first-order valence-corrected chi connectivity index (χ1v) is 8.42. The largest absolute Gasteiger partial charge is 0.453 e. The Morgan fingerprint density at radius 3 is 2.91 bits per heavy atom. The molecule has 0 bridgehead atoms. The Balaban J connectivity index is 1.64. The molecule has 120 valence electrons. The number of carbonyl (C=O) groups excluding carboxylic acids is 2. The van der Waals surface area contributed by atoms with E-state index in [-0.39, 0.29) is 5.56 Å². The lowest BCUT2D eigenvalue weighted by atomic mass is 9.90. The second kappa shape index (κ2) is 6.62. The zero-order valence-corrected chi connectivity index (χ0v) is 13.6. The van der Waals surface area contributed by atoms with Crippen LogP contribution in [0.1, 0.15) is 43.8 Å². The molecular formula is C18H17FO3S. The molecule has 1 atom stereocenters. The minimum atomic E-state index is -0.603. The van der Waals surface area contributed by atoms with Gasteiger partial charge in [0.15, 0.2) is 6.61 Å². The summed E-state index contributed by atoms with van der Waals surface area (Å²) in [5, 5.41) is 0. The van der Waals surface area contributed by atoms with Gasteiger partial charge in [0.25, 0.3) is 0 Å². The standard InChI is InChI=1S/C18H17FO3S/c1-11-6-7-16-12(8-11)9-17(23-16)18(21)22-10-15(20)13-4-2-3-5-14(13)19/h2-5,9,11H,6-8,10H2,1H3/t11-/m0/s1. The molecule has 1 aliphatic rings. The van der Waals surface area contributed by atoms with E-state index in [1.807, 2.05) is 6.07 Å². The van der Waals surface area contributed by atoms with Crippen molar-refractivity contribution in [2.24, 2.45) is 5.92 Å². The highest BCUT2D eigenvalue weighted by atomic mass is 32.1. The molecule has 1 heterocycles. The summed E-state index contributed by atoms with van der Waals surface area (Å²) in [7, 11) is 0. The van der Waals surface area contributed by atoms with E-state index in [9.17, 15) is 14.0 Å². The van der Waals surface area contributed by atoms with Crippen molar-refractivity contribution >= 4 is 23.1 Å². The highest BCUT2D eigenvalue weighted by Gasteiger charge is 2.22. The maximum atomic E-state index is 13.5. The van der Waals surface area contributed by atoms with Gasteiger partial charge in [-0.1, -0.05) is 19.1 Å². The second-order valence-electron chi connectivity index (χ2n) is 5.89. The van der Waals surface area contributed by atoms with Crippen LogP contribution in [0.3, 0.4) is 0 Å². The molecule has 3 rings (SSSR count). The molecule has 0 fully saturated rings. The quantitative estimate of drug-likeness (QED) is 0.626. The Kier molecular flexibility index (Phi) is 4.57. The lowest BCUT2D eigenvalue weighted by Gasteiger charge is -2.16. The normalized spacial score (nSPS) is 16.7. The van der Waals surface area contributed by atoms with Crippen LogP contribution in [-0.4, -0.2) is 18.4 Å². The SMILES string of the molecule is C[C@H]1CCc2sc(C(=O)OCC(=O)c3ccccc3F)cc2C1. The van der Waals surface area contributed by atoms with Gasteiger partial charge in [0.1, 0.15) is 10.7 Å². The Morgan fingerprint density at radius 2 is 2.13 bits per heavy atom. The Morgan fingerprint density at radius 1 is 1.35 bits per heavy atom. The molecule has 23 heavy (non-hydrogen) atoms. The van der Waals surface area contributed by atoms with Crippen molar-refractivity contribution in [3.63, 3.8) is 0 Å². The number of hydrogen-bond acceptors (Lipinski definition) is 4. The van der Waals surface area contributed by atoms with E-state index in [2.05, 4.69) is 6.92 Å².